The minimum Gasteiger partial charge on any atom is -0.396 e. The lowest BCUT2D eigenvalue weighted by molar-refractivity contribution is 0.0574. The van der Waals surface area contributed by atoms with Gasteiger partial charge in [-0.2, -0.15) is 0 Å². The van der Waals surface area contributed by atoms with Gasteiger partial charge >= 0.3 is 0 Å². The summed E-state index contributed by atoms with van der Waals surface area (Å²) < 4.78 is 0. The van der Waals surface area contributed by atoms with Crippen molar-refractivity contribution in [2.45, 2.75) is 38.1 Å². The zero-order valence-corrected chi connectivity index (χ0v) is 13.9. The van der Waals surface area contributed by atoms with Crippen molar-refractivity contribution in [3.63, 3.8) is 0 Å². The molecule has 1 aliphatic carbocycles. The third-order valence-electron chi connectivity index (χ3n) is 5.39. The first-order valence-electron chi connectivity index (χ1n) is 8.91. The number of benzene rings is 2. The minimum atomic E-state index is 0.118. The van der Waals surface area contributed by atoms with Crippen LogP contribution in [0.25, 0.3) is 11.1 Å². The van der Waals surface area contributed by atoms with Crippen LogP contribution in [-0.2, 0) is 6.42 Å². The highest BCUT2D eigenvalue weighted by Gasteiger charge is 2.28. The molecule has 1 heterocycles. The molecule has 2 aromatic carbocycles. The first kappa shape index (κ1) is 15.4. The molecule has 24 heavy (non-hydrogen) atoms. The highest BCUT2D eigenvalue weighted by atomic mass is 16.3. The summed E-state index contributed by atoms with van der Waals surface area (Å²) in [7, 11) is 0. The smallest absolute Gasteiger partial charge is 0.254 e. The Morgan fingerprint density at radius 1 is 1.08 bits per heavy atom. The van der Waals surface area contributed by atoms with E-state index in [1.165, 1.54) is 22.3 Å². The number of carbonyl (C=O) groups is 1. The highest BCUT2D eigenvalue weighted by Crippen LogP contribution is 2.37. The number of aliphatic hydroxyl groups is 1. The number of carbonyl (C=O) groups excluding carboxylic acids is 1. The molecule has 0 bridgehead atoms. The molecular formula is C21H23NO2. The van der Waals surface area contributed by atoms with Crippen molar-refractivity contribution in [3.05, 3.63) is 59.2 Å². The lowest BCUT2D eigenvalue weighted by Gasteiger charge is -2.35. The molecule has 1 saturated heterocycles. The Morgan fingerprint density at radius 2 is 1.92 bits per heavy atom. The lowest BCUT2D eigenvalue weighted by Crippen LogP contribution is -2.44. The molecule has 2 aliphatic rings. The Hall–Kier alpha value is -2.13. The van der Waals surface area contributed by atoms with Gasteiger partial charge in [-0.05, 0) is 66.5 Å². The first-order chi connectivity index (χ1) is 11.8. The molecule has 1 atom stereocenters. The molecule has 124 valence electrons. The van der Waals surface area contributed by atoms with Gasteiger partial charge in [0, 0.05) is 24.8 Å². The summed E-state index contributed by atoms with van der Waals surface area (Å²) in [5.74, 6) is 0.118. The topological polar surface area (TPSA) is 40.5 Å². The molecule has 2 aromatic rings. The molecule has 3 heteroatoms. The molecule has 0 aromatic heterocycles. The summed E-state index contributed by atoms with van der Waals surface area (Å²) >= 11 is 0. The van der Waals surface area contributed by atoms with Crippen LogP contribution in [0.4, 0.5) is 0 Å². The molecular weight excluding hydrogens is 298 g/mol. The van der Waals surface area contributed by atoms with E-state index in [1.54, 1.807) is 0 Å². The molecule has 0 saturated carbocycles. The van der Waals surface area contributed by atoms with E-state index in [0.717, 1.165) is 37.8 Å². The Bertz CT molecular complexity index is 766. The van der Waals surface area contributed by atoms with Gasteiger partial charge in [0.05, 0.1) is 0 Å². The van der Waals surface area contributed by atoms with Crippen molar-refractivity contribution in [3.8, 4) is 11.1 Å². The van der Waals surface area contributed by atoms with E-state index >= 15 is 0 Å². The number of fused-ring (bicyclic) bond motifs is 3. The maximum Gasteiger partial charge on any atom is 0.254 e. The second-order valence-corrected chi connectivity index (χ2v) is 6.87. The predicted molar refractivity (Wildman–Crippen MR) is 95.1 cm³/mol. The van der Waals surface area contributed by atoms with Crippen molar-refractivity contribution in [1.82, 2.24) is 4.90 Å². The van der Waals surface area contributed by atoms with Gasteiger partial charge in [-0.15, -0.1) is 0 Å². The summed E-state index contributed by atoms with van der Waals surface area (Å²) in [6.07, 6.45) is 4.80. The third-order valence-corrected chi connectivity index (χ3v) is 5.39. The summed E-state index contributed by atoms with van der Waals surface area (Å²) in [5.41, 5.74) is 5.92. The molecule has 1 amide bonds. The minimum absolute atomic E-state index is 0.118. The van der Waals surface area contributed by atoms with Crippen LogP contribution in [0.15, 0.2) is 42.5 Å². The fraction of sp³-hybridized carbons (Fsp3) is 0.381. The van der Waals surface area contributed by atoms with Crippen LogP contribution in [0.2, 0.25) is 0 Å². The van der Waals surface area contributed by atoms with Gasteiger partial charge < -0.3 is 10.0 Å². The molecule has 0 radical (unpaired) electrons. The average Bonchev–Trinajstić information content (AvgIpc) is 2.99. The third kappa shape index (κ3) is 2.63. The number of hydrogen-bond donors (Lipinski definition) is 1. The van der Waals surface area contributed by atoms with Crippen molar-refractivity contribution >= 4 is 5.91 Å². The van der Waals surface area contributed by atoms with E-state index in [4.69, 9.17) is 0 Å². The SMILES string of the molecule is O=C(c1ccc2c(c1)Cc1ccccc1-2)N1CCCCC1CCO. The van der Waals surface area contributed by atoms with Crippen LogP contribution in [-0.4, -0.2) is 35.1 Å². The van der Waals surface area contributed by atoms with Gasteiger partial charge in [-0.3, -0.25) is 4.79 Å². The zero-order chi connectivity index (χ0) is 16.5. The summed E-state index contributed by atoms with van der Waals surface area (Å²) in [6.45, 7) is 0.953. The normalized spacial score (nSPS) is 19.0. The Kier molecular flexibility index (Phi) is 4.11. The van der Waals surface area contributed by atoms with E-state index in [9.17, 15) is 9.90 Å². The molecule has 4 rings (SSSR count). The van der Waals surface area contributed by atoms with Crippen LogP contribution < -0.4 is 0 Å². The number of piperidine rings is 1. The van der Waals surface area contributed by atoms with Crippen molar-refractivity contribution in [2.24, 2.45) is 0 Å². The maximum absolute atomic E-state index is 13.0. The van der Waals surface area contributed by atoms with Gasteiger partial charge in [0.2, 0.25) is 0 Å². The number of aliphatic hydroxyl groups excluding tert-OH is 1. The maximum atomic E-state index is 13.0. The van der Waals surface area contributed by atoms with Crippen molar-refractivity contribution in [1.29, 1.82) is 0 Å². The van der Waals surface area contributed by atoms with E-state index in [0.29, 0.717) is 6.42 Å². The molecule has 0 spiro atoms. The standard InChI is InChI=1S/C21H23NO2/c23-12-10-18-6-3-4-11-22(18)21(24)16-8-9-20-17(14-16)13-15-5-1-2-7-19(15)20/h1-2,5,7-9,14,18,23H,3-4,6,10-13H2. The Balaban J connectivity index is 1.61. The molecule has 3 nitrogen and oxygen atoms in total. The van der Waals surface area contributed by atoms with Crippen LogP contribution >= 0.6 is 0 Å². The van der Waals surface area contributed by atoms with Gasteiger partial charge in [0.1, 0.15) is 0 Å². The van der Waals surface area contributed by atoms with E-state index < -0.39 is 0 Å². The van der Waals surface area contributed by atoms with Crippen molar-refractivity contribution < 1.29 is 9.90 Å². The Morgan fingerprint density at radius 3 is 2.79 bits per heavy atom. The average molecular weight is 321 g/mol. The second-order valence-electron chi connectivity index (χ2n) is 6.87. The van der Waals surface area contributed by atoms with E-state index in [1.807, 2.05) is 11.0 Å². The molecule has 1 aliphatic heterocycles. The second kappa shape index (κ2) is 6.40. The lowest BCUT2D eigenvalue weighted by atomic mass is 9.97. The van der Waals surface area contributed by atoms with Crippen molar-refractivity contribution in [2.75, 3.05) is 13.2 Å². The van der Waals surface area contributed by atoms with Gasteiger partial charge in [-0.1, -0.05) is 30.3 Å². The fourth-order valence-corrected chi connectivity index (χ4v) is 4.16. The highest BCUT2D eigenvalue weighted by molar-refractivity contribution is 5.96. The Labute approximate surface area is 142 Å². The monoisotopic (exact) mass is 321 g/mol. The predicted octanol–water partition coefficient (Wildman–Crippen LogP) is 3.63. The summed E-state index contributed by atoms with van der Waals surface area (Å²) in [5, 5.41) is 9.28. The fourth-order valence-electron chi connectivity index (χ4n) is 4.16. The number of amides is 1. The van der Waals surface area contributed by atoms with Gasteiger partial charge in [0.25, 0.3) is 5.91 Å². The van der Waals surface area contributed by atoms with E-state index in [-0.39, 0.29) is 18.6 Å². The van der Waals surface area contributed by atoms with Crippen LogP contribution in [0.3, 0.4) is 0 Å². The van der Waals surface area contributed by atoms with Crippen LogP contribution in [0, 0.1) is 0 Å². The number of hydrogen-bond acceptors (Lipinski definition) is 2. The number of nitrogens with zero attached hydrogens (tertiary/aromatic N) is 1. The molecule has 1 N–H and O–H groups in total. The first-order valence-corrected chi connectivity index (χ1v) is 8.91. The number of rotatable bonds is 3. The molecule has 1 unspecified atom stereocenters. The molecule has 1 fully saturated rings. The summed E-state index contributed by atoms with van der Waals surface area (Å²) in [4.78, 5) is 15.0. The van der Waals surface area contributed by atoms with Crippen LogP contribution in [0.1, 0.15) is 47.2 Å². The van der Waals surface area contributed by atoms with Gasteiger partial charge in [0.15, 0.2) is 0 Å². The largest absolute Gasteiger partial charge is 0.396 e. The van der Waals surface area contributed by atoms with Gasteiger partial charge in [-0.25, -0.2) is 0 Å². The quantitative estimate of drug-likeness (QED) is 0.800. The zero-order valence-electron chi connectivity index (χ0n) is 13.9. The van der Waals surface area contributed by atoms with Crippen LogP contribution in [0.5, 0.6) is 0 Å². The van der Waals surface area contributed by atoms with E-state index in [2.05, 4.69) is 36.4 Å². The summed E-state index contributed by atoms with van der Waals surface area (Å²) in [6, 6.07) is 14.8. The number of likely N-dealkylation sites (tertiary alicyclic amines) is 1.